The third-order valence-corrected chi connectivity index (χ3v) is 4.98. The molecule has 2 aromatic rings. The van der Waals surface area contributed by atoms with E-state index in [0.717, 1.165) is 23.5 Å². The molecule has 0 saturated carbocycles. The number of rotatable bonds is 4. The molecule has 23 heavy (non-hydrogen) atoms. The van der Waals surface area contributed by atoms with Crippen molar-refractivity contribution in [1.29, 1.82) is 0 Å². The maximum Gasteiger partial charge on any atom is 0.278 e. The van der Waals surface area contributed by atoms with Crippen LogP contribution in [0.25, 0.3) is 0 Å². The van der Waals surface area contributed by atoms with Gasteiger partial charge >= 0.3 is 0 Å². The van der Waals surface area contributed by atoms with Gasteiger partial charge in [0.05, 0.1) is 41.5 Å². The second-order valence-corrected chi connectivity index (χ2v) is 6.53. The molecule has 0 bridgehead atoms. The molecule has 1 saturated heterocycles. The predicted octanol–water partition coefficient (Wildman–Crippen LogP) is 1.20. The molecule has 1 aliphatic rings. The van der Waals surface area contributed by atoms with Gasteiger partial charge in [0.15, 0.2) is 0 Å². The average Bonchev–Trinajstić information content (AvgIpc) is 3.10. The Morgan fingerprint density at radius 1 is 1.22 bits per heavy atom. The number of amides is 1. The van der Waals surface area contributed by atoms with E-state index in [1.165, 1.54) is 16.2 Å². The number of nitro groups is 1. The summed E-state index contributed by atoms with van der Waals surface area (Å²) in [5.74, 6) is 0.0877. The Hall–Kier alpha value is -2.25. The first kappa shape index (κ1) is 15.6. The van der Waals surface area contributed by atoms with Crippen LogP contribution < -0.4 is 4.90 Å². The van der Waals surface area contributed by atoms with Crippen LogP contribution in [0, 0.1) is 10.1 Å². The summed E-state index contributed by atoms with van der Waals surface area (Å²) in [4.78, 5) is 27.0. The Balaban J connectivity index is 1.60. The van der Waals surface area contributed by atoms with Gasteiger partial charge in [0, 0.05) is 6.07 Å². The van der Waals surface area contributed by atoms with E-state index >= 15 is 0 Å². The number of hydrogen-bond acceptors (Lipinski definition) is 4. The molecule has 0 radical (unpaired) electrons. The highest BCUT2D eigenvalue weighted by atomic mass is 32.1. The maximum absolute atomic E-state index is 12.3. The number of hydrogen-bond donors (Lipinski definition) is 1. The molecule has 7 heteroatoms. The molecule has 1 aliphatic heterocycles. The molecule has 0 aliphatic carbocycles. The Morgan fingerprint density at radius 3 is 2.61 bits per heavy atom. The molecule has 1 amide bonds. The lowest BCUT2D eigenvalue weighted by Crippen LogP contribution is -3.13. The number of quaternary nitrogens is 1. The van der Waals surface area contributed by atoms with Crippen LogP contribution in [0.15, 0.2) is 41.8 Å². The monoisotopic (exact) mass is 332 g/mol. The van der Waals surface area contributed by atoms with Crippen LogP contribution in [0.3, 0.4) is 0 Å². The van der Waals surface area contributed by atoms with Crippen LogP contribution in [0.1, 0.15) is 15.2 Å². The second-order valence-electron chi connectivity index (χ2n) is 5.58. The first-order chi connectivity index (χ1) is 11.1. The van der Waals surface area contributed by atoms with Crippen LogP contribution in [0.2, 0.25) is 0 Å². The Kier molecular flexibility index (Phi) is 4.68. The first-order valence-corrected chi connectivity index (χ1v) is 8.42. The van der Waals surface area contributed by atoms with Crippen molar-refractivity contribution < 1.29 is 14.6 Å². The summed E-state index contributed by atoms with van der Waals surface area (Å²) in [5, 5.41) is 13.0. The SMILES string of the molecule is O=C(c1cccs1)N1CC[NH+](Cc2ccccc2[N+](=O)[O-])CC1. The molecular weight excluding hydrogens is 314 g/mol. The van der Waals surface area contributed by atoms with E-state index in [1.54, 1.807) is 12.1 Å². The van der Waals surface area contributed by atoms with Gasteiger partial charge in [-0.3, -0.25) is 14.9 Å². The average molecular weight is 332 g/mol. The maximum atomic E-state index is 12.3. The van der Waals surface area contributed by atoms with Crippen molar-refractivity contribution in [1.82, 2.24) is 4.90 Å². The van der Waals surface area contributed by atoms with Gasteiger partial charge in [0.1, 0.15) is 6.54 Å². The Morgan fingerprint density at radius 2 is 1.96 bits per heavy atom. The number of thiophene rings is 1. The molecule has 0 atom stereocenters. The number of para-hydroxylation sites is 1. The summed E-state index contributed by atoms with van der Waals surface area (Å²) in [6, 6.07) is 10.6. The molecule has 1 aromatic heterocycles. The smallest absolute Gasteiger partial charge is 0.278 e. The van der Waals surface area contributed by atoms with Gasteiger partial charge in [0.2, 0.25) is 0 Å². The zero-order valence-electron chi connectivity index (χ0n) is 12.6. The summed E-state index contributed by atoms with van der Waals surface area (Å²) < 4.78 is 0. The van der Waals surface area contributed by atoms with Gasteiger partial charge in [-0.25, -0.2) is 0 Å². The van der Waals surface area contributed by atoms with Crippen LogP contribution in [-0.4, -0.2) is 41.9 Å². The Bertz CT molecular complexity index is 694. The highest BCUT2D eigenvalue weighted by molar-refractivity contribution is 7.12. The summed E-state index contributed by atoms with van der Waals surface area (Å²) in [7, 11) is 0. The minimum Gasteiger partial charge on any atom is -0.328 e. The topological polar surface area (TPSA) is 67.9 Å². The van der Waals surface area contributed by atoms with Gasteiger partial charge in [-0.1, -0.05) is 18.2 Å². The van der Waals surface area contributed by atoms with Crippen molar-refractivity contribution in [3.63, 3.8) is 0 Å². The molecule has 0 spiro atoms. The number of benzene rings is 1. The van der Waals surface area contributed by atoms with Gasteiger partial charge < -0.3 is 9.80 Å². The fraction of sp³-hybridized carbons (Fsp3) is 0.312. The van der Waals surface area contributed by atoms with Gasteiger partial charge in [0.25, 0.3) is 11.6 Å². The Labute approximate surface area is 138 Å². The van der Waals surface area contributed by atoms with Gasteiger partial charge in [-0.05, 0) is 17.5 Å². The summed E-state index contributed by atoms with van der Waals surface area (Å²) >= 11 is 1.46. The number of carbonyl (C=O) groups is 1. The fourth-order valence-corrected chi connectivity index (χ4v) is 3.56. The lowest BCUT2D eigenvalue weighted by atomic mass is 10.1. The summed E-state index contributed by atoms with van der Waals surface area (Å²) in [6.07, 6.45) is 0. The molecule has 1 fully saturated rings. The third kappa shape index (κ3) is 3.57. The standard InChI is InChI=1S/C16H17N3O3S/c20-16(15-6-3-11-23-15)18-9-7-17(8-10-18)12-13-4-1-2-5-14(13)19(21)22/h1-6,11H,7-10,12H2/p+1. The van der Waals surface area contributed by atoms with E-state index in [0.29, 0.717) is 19.6 Å². The zero-order chi connectivity index (χ0) is 16.2. The lowest BCUT2D eigenvalue weighted by molar-refractivity contribution is -0.917. The molecule has 2 heterocycles. The van der Waals surface area contributed by atoms with Crippen molar-refractivity contribution in [3.05, 3.63) is 62.3 Å². The number of piperazine rings is 1. The quantitative estimate of drug-likeness (QED) is 0.676. The molecule has 120 valence electrons. The van der Waals surface area contributed by atoms with Gasteiger partial charge in [-0.15, -0.1) is 11.3 Å². The molecule has 1 N–H and O–H groups in total. The van der Waals surface area contributed by atoms with Crippen molar-refractivity contribution >= 4 is 22.9 Å². The van der Waals surface area contributed by atoms with Crippen LogP contribution in [-0.2, 0) is 6.54 Å². The van der Waals surface area contributed by atoms with E-state index in [-0.39, 0.29) is 16.5 Å². The molecule has 6 nitrogen and oxygen atoms in total. The van der Waals surface area contributed by atoms with Crippen LogP contribution in [0.4, 0.5) is 5.69 Å². The van der Waals surface area contributed by atoms with E-state index in [1.807, 2.05) is 34.5 Å². The van der Waals surface area contributed by atoms with Crippen molar-refractivity contribution in [2.45, 2.75) is 6.54 Å². The number of nitrogens with zero attached hydrogens (tertiary/aromatic N) is 2. The minimum atomic E-state index is -0.328. The normalized spacial score (nSPS) is 15.6. The van der Waals surface area contributed by atoms with Crippen molar-refractivity contribution in [3.8, 4) is 0 Å². The lowest BCUT2D eigenvalue weighted by Gasteiger charge is -2.32. The molecule has 1 aromatic carbocycles. The van der Waals surface area contributed by atoms with E-state index in [4.69, 9.17) is 0 Å². The fourth-order valence-electron chi connectivity index (χ4n) is 2.87. The molecular formula is C16H18N3O3S+. The van der Waals surface area contributed by atoms with Gasteiger partial charge in [-0.2, -0.15) is 0 Å². The molecule has 3 rings (SSSR count). The van der Waals surface area contributed by atoms with E-state index in [2.05, 4.69) is 0 Å². The minimum absolute atomic E-state index is 0.0877. The van der Waals surface area contributed by atoms with Crippen LogP contribution in [0.5, 0.6) is 0 Å². The number of nitrogens with one attached hydrogen (secondary N) is 1. The highest BCUT2D eigenvalue weighted by Crippen LogP contribution is 2.16. The first-order valence-electron chi connectivity index (χ1n) is 7.54. The number of carbonyl (C=O) groups excluding carboxylic acids is 1. The highest BCUT2D eigenvalue weighted by Gasteiger charge is 2.26. The van der Waals surface area contributed by atoms with Crippen LogP contribution >= 0.6 is 11.3 Å². The zero-order valence-corrected chi connectivity index (χ0v) is 13.4. The van der Waals surface area contributed by atoms with Crippen molar-refractivity contribution in [2.24, 2.45) is 0 Å². The third-order valence-electron chi connectivity index (χ3n) is 4.12. The summed E-state index contributed by atoms with van der Waals surface area (Å²) in [6.45, 7) is 3.61. The molecule has 0 unspecified atom stereocenters. The second kappa shape index (κ2) is 6.89. The van der Waals surface area contributed by atoms with Crippen molar-refractivity contribution in [2.75, 3.05) is 26.2 Å². The van der Waals surface area contributed by atoms with E-state index in [9.17, 15) is 14.9 Å². The van der Waals surface area contributed by atoms with E-state index < -0.39 is 0 Å². The largest absolute Gasteiger partial charge is 0.328 e. The summed E-state index contributed by atoms with van der Waals surface area (Å²) in [5.41, 5.74) is 0.933. The number of nitro benzene ring substituents is 1. The predicted molar refractivity (Wildman–Crippen MR) is 87.7 cm³/mol.